The summed E-state index contributed by atoms with van der Waals surface area (Å²) < 4.78 is 37.0. The second-order valence-corrected chi connectivity index (χ2v) is 8.15. The van der Waals surface area contributed by atoms with Crippen LogP contribution in [0.1, 0.15) is 30.7 Å². The highest BCUT2D eigenvalue weighted by Gasteiger charge is 2.31. The number of imidazole rings is 1. The zero-order chi connectivity index (χ0) is 23.2. The molecule has 1 aromatic carbocycles. The summed E-state index contributed by atoms with van der Waals surface area (Å²) in [5, 5.41) is 13.7. The summed E-state index contributed by atoms with van der Waals surface area (Å²) in [5.74, 6) is -1.99. The van der Waals surface area contributed by atoms with Crippen LogP contribution in [0.5, 0.6) is 5.75 Å². The molecular weight excluding hydrogens is 418 g/mol. The number of carboxylic acid groups (broad SMARTS) is 1. The molecule has 9 heteroatoms. The molecule has 0 atom stereocenters. The molecule has 0 amide bonds. The van der Waals surface area contributed by atoms with E-state index in [9.17, 15) is 18.7 Å². The first-order valence-electron chi connectivity index (χ1n) is 9.93. The lowest BCUT2D eigenvalue weighted by Crippen LogP contribution is -2.35. The molecule has 0 unspecified atom stereocenters. The van der Waals surface area contributed by atoms with Crippen LogP contribution in [0.2, 0.25) is 0 Å². The van der Waals surface area contributed by atoms with E-state index in [1.165, 1.54) is 22.9 Å². The van der Waals surface area contributed by atoms with Crippen LogP contribution < -0.4 is 4.74 Å². The Morgan fingerprint density at radius 1 is 1.19 bits per heavy atom. The largest absolute Gasteiger partial charge is 0.485 e. The lowest BCUT2D eigenvalue weighted by molar-refractivity contribution is -0.146. The quantitative estimate of drug-likeness (QED) is 0.478. The number of ether oxygens (including phenoxy) is 1. The summed E-state index contributed by atoms with van der Waals surface area (Å²) in [4.78, 5) is 16.2. The number of aromatic nitrogens is 4. The molecule has 3 heterocycles. The highest BCUT2D eigenvalue weighted by molar-refractivity contribution is 5.76. The Hall–Kier alpha value is -3.75. The van der Waals surface area contributed by atoms with Gasteiger partial charge in [0.1, 0.15) is 18.2 Å². The Bertz CT molecular complexity index is 1320. The van der Waals surface area contributed by atoms with Crippen LogP contribution in [0.25, 0.3) is 16.9 Å². The molecule has 0 spiro atoms. The van der Waals surface area contributed by atoms with Crippen LogP contribution in [0.3, 0.4) is 0 Å². The molecule has 0 fully saturated rings. The van der Waals surface area contributed by atoms with Crippen LogP contribution in [0.15, 0.2) is 42.9 Å². The fraction of sp³-hybridized carbons (Fsp3) is 0.261. The van der Waals surface area contributed by atoms with Crippen molar-refractivity contribution in [2.75, 3.05) is 0 Å². The van der Waals surface area contributed by atoms with Gasteiger partial charge in [0.05, 0.1) is 23.1 Å². The van der Waals surface area contributed by atoms with Gasteiger partial charge in [0.15, 0.2) is 16.9 Å². The maximum absolute atomic E-state index is 14.0. The Morgan fingerprint density at radius 3 is 2.53 bits per heavy atom. The predicted molar refractivity (Wildman–Crippen MR) is 114 cm³/mol. The average Bonchev–Trinajstić information content (AvgIpc) is 3.31. The molecule has 0 saturated heterocycles. The van der Waals surface area contributed by atoms with Crippen molar-refractivity contribution in [3.8, 4) is 17.0 Å². The SMILES string of the molecule is Cc1cc(OCc2c(F)cccc2F)c2nc(C)c(-c3cnn(C(C)(C)C(=O)O)c3)n2c1. The van der Waals surface area contributed by atoms with Crippen LogP contribution in [-0.2, 0) is 16.9 Å². The minimum atomic E-state index is -1.22. The normalized spacial score (nSPS) is 11.8. The predicted octanol–water partition coefficient (Wildman–Crippen LogP) is 4.49. The maximum Gasteiger partial charge on any atom is 0.331 e. The molecule has 3 aromatic heterocycles. The van der Waals surface area contributed by atoms with Gasteiger partial charge in [0, 0.05) is 18.0 Å². The molecule has 32 heavy (non-hydrogen) atoms. The van der Waals surface area contributed by atoms with Gasteiger partial charge in [-0.25, -0.2) is 18.6 Å². The van der Waals surface area contributed by atoms with Crippen molar-refractivity contribution in [2.24, 2.45) is 0 Å². The van der Waals surface area contributed by atoms with E-state index in [1.54, 1.807) is 32.3 Å². The van der Waals surface area contributed by atoms with Gasteiger partial charge in [-0.1, -0.05) is 6.07 Å². The summed E-state index contributed by atoms with van der Waals surface area (Å²) in [5.41, 5.74) is 2.02. The molecule has 4 rings (SSSR count). The van der Waals surface area contributed by atoms with E-state index in [0.29, 0.717) is 22.7 Å². The lowest BCUT2D eigenvalue weighted by Gasteiger charge is -2.19. The van der Waals surface area contributed by atoms with Crippen molar-refractivity contribution in [1.29, 1.82) is 0 Å². The van der Waals surface area contributed by atoms with Gasteiger partial charge in [-0.3, -0.25) is 9.08 Å². The summed E-state index contributed by atoms with van der Waals surface area (Å²) in [6, 6.07) is 5.42. The molecule has 4 aromatic rings. The van der Waals surface area contributed by atoms with Crippen molar-refractivity contribution in [3.63, 3.8) is 0 Å². The third-order valence-electron chi connectivity index (χ3n) is 5.38. The second-order valence-electron chi connectivity index (χ2n) is 8.15. The fourth-order valence-corrected chi connectivity index (χ4v) is 3.48. The third-order valence-corrected chi connectivity index (χ3v) is 5.38. The Kier molecular flexibility index (Phi) is 5.20. The van der Waals surface area contributed by atoms with Crippen molar-refractivity contribution < 1.29 is 23.4 Å². The molecule has 7 nitrogen and oxygen atoms in total. The molecule has 0 aliphatic heterocycles. The number of carbonyl (C=O) groups is 1. The summed E-state index contributed by atoms with van der Waals surface area (Å²) in [7, 11) is 0. The Morgan fingerprint density at radius 2 is 1.88 bits per heavy atom. The van der Waals surface area contributed by atoms with Crippen LogP contribution in [-0.4, -0.2) is 30.2 Å². The summed E-state index contributed by atoms with van der Waals surface area (Å²) >= 11 is 0. The van der Waals surface area contributed by atoms with E-state index in [2.05, 4.69) is 10.1 Å². The second kappa shape index (κ2) is 7.74. The molecule has 166 valence electrons. The Balaban J connectivity index is 1.76. The smallest absolute Gasteiger partial charge is 0.331 e. The maximum atomic E-state index is 14.0. The van der Waals surface area contributed by atoms with E-state index in [-0.39, 0.29) is 12.2 Å². The summed E-state index contributed by atoms with van der Waals surface area (Å²) in [6.45, 7) is 6.52. The first-order chi connectivity index (χ1) is 15.1. The van der Waals surface area contributed by atoms with Crippen molar-refractivity contribution in [1.82, 2.24) is 19.2 Å². The van der Waals surface area contributed by atoms with E-state index < -0.39 is 23.1 Å². The van der Waals surface area contributed by atoms with Crippen LogP contribution in [0.4, 0.5) is 8.78 Å². The standard InChI is InChI=1S/C23H22F2N4O3/c1-13-8-19(32-12-16-17(24)6-5-7-18(16)25)21-27-14(2)20(28(21)10-13)15-9-26-29(11-15)23(3,4)22(30)31/h5-11H,12H2,1-4H3,(H,30,31). The van der Waals surface area contributed by atoms with E-state index in [1.807, 2.05) is 24.4 Å². The topological polar surface area (TPSA) is 81.7 Å². The number of rotatable bonds is 6. The number of carboxylic acids is 1. The molecule has 0 aliphatic rings. The first kappa shape index (κ1) is 21.5. The summed E-state index contributed by atoms with van der Waals surface area (Å²) in [6.07, 6.45) is 5.10. The van der Waals surface area contributed by atoms with Gasteiger partial charge in [0.25, 0.3) is 0 Å². The van der Waals surface area contributed by atoms with Crippen LogP contribution in [0, 0.1) is 25.5 Å². The van der Waals surface area contributed by atoms with Crippen LogP contribution >= 0.6 is 0 Å². The number of benzene rings is 1. The number of pyridine rings is 1. The minimum Gasteiger partial charge on any atom is -0.485 e. The third kappa shape index (κ3) is 3.59. The van der Waals surface area contributed by atoms with Crippen molar-refractivity contribution in [2.45, 2.75) is 39.8 Å². The molecule has 0 aliphatic carbocycles. The van der Waals surface area contributed by atoms with Crippen molar-refractivity contribution >= 4 is 11.6 Å². The number of nitrogens with zero attached hydrogens (tertiary/aromatic N) is 4. The highest BCUT2D eigenvalue weighted by Crippen LogP contribution is 2.31. The Labute approximate surface area is 182 Å². The highest BCUT2D eigenvalue weighted by atomic mass is 19.1. The van der Waals surface area contributed by atoms with E-state index >= 15 is 0 Å². The van der Waals surface area contributed by atoms with Crippen molar-refractivity contribution in [3.05, 3.63) is 71.3 Å². The first-order valence-corrected chi connectivity index (χ1v) is 9.93. The van der Waals surface area contributed by atoms with Gasteiger partial charge >= 0.3 is 5.97 Å². The molecule has 0 saturated carbocycles. The zero-order valence-corrected chi connectivity index (χ0v) is 18.1. The number of aliphatic carboxylic acids is 1. The lowest BCUT2D eigenvalue weighted by atomic mass is 10.1. The zero-order valence-electron chi connectivity index (χ0n) is 18.1. The molecule has 0 bridgehead atoms. The number of halogens is 2. The minimum absolute atomic E-state index is 0.159. The van der Waals surface area contributed by atoms with Gasteiger partial charge in [-0.15, -0.1) is 0 Å². The van der Waals surface area contributed by atoms with Gasteiger partial charge < -0.3 is 9.84 Å². The fourth-order valence-electron chi connectivity index (χ4n) is 3.48. The van der Waals surface area contributed by atoms with E-state index in [0.717, 1.165) is 11.3 Å². The molecule has 0 radical (unpaired) electrons. The molecular formula is C23H22F2N4O3. The number of aryl methyl sites for hydroxylation is 2. The number of fused-ring (bicyclic) bond motifs is 1. The molecule has 1 N–H and O–H groups in total. The van der Waals surface area contributed by atoms with Gasteiger partial charge in [0.2, 0.25) is 0 Å². The number of hydrogen-bond donors (Lipinski definition) is 1. The van der Waals surface area contributed by atoms with Gasteiger partial charge in [-0.05, 0) is 51.5 Å². The van der Waals surface area contributed by atoms with E-state index in [4.69, 9.17) is 4.74 Å². The number of hydrogen-bond acceptors (Lipinski definition) is 4. The van der Waals surface area contributed by atoms with Gasteiger partial charge in [-0.2, -0.15) is 5.10 Å². The monoisotopic (exact) mass is 440 g/mol. The average molecular weight is 440 g/mol.